The molecule has 2 amide bonds. The number of aliphatic hydroxyl groups is 1. The Hall–Kier alpha value is -4.23. The first kappa shape index (κ1) is 31.2. The zero-order valence-electron chi connectivity index (χ0n) is 25.1. The van der Waals surface area contributed by atoms with Gasteiger partial charge in [-0.3, -0.25) is 14.4 Å². The second-order valence-corrected chi connectivity index (χ2v) is 11.9. The van der Waals surface area contributed by atoms with E-state index in [1.807, 2.05) is 97.1 Å². The molecule has 230 valence electrons. The number of cyclic esters (lactones) is 1. The van der Waals surface area contributed by atoms with E-state index in [0.29, 0.717) is 45.1 Å². The largest absolute Gasteiger partial charge is 0.463 e. The Kier molecular flexibility index (Phi) is 11.0. The lowest BCUT2D eigenvalue weighted by Gasteiger charge is -2.36. The van der Waals surface area contributed by atoms with Crippen molar-refractivity contribution in [1.29, 1.82) is 0 Å². The van der Waals surface area contributed by atoms with Crippen molar-refractivity contribution in [3.63, 3.8) is 0 Å². The number of esters is 1. The number of hydrogen-bond donors (Lipinski definition) is 2. The molecule has 0 bridgehead atoms. The van der Waals surface area contributed by atoms with Crippen molar-refractivity contribution in [2.24, 2.45) is 11.8 Å². The number of ether oxygens (including phenoxy) is 1. The fourth-order valence-electron chi connectivity index (χ4n) is 6.20. The molecule has 0 saturated carbocycles. The molecule has 7 heteroatoms. The molecule has 0 aliphatic carbocycles. The van der Waals surface area contributed by atoms with E-state index in [1.54, 1.807) is 4.90 Å². The first-order valence-corrected chi connectivity index (χ1v) is 15.7. The van der Waals surface area contributed by atoms with Gasteiger partial charge in [0.05, 0.1) is 30.5 Å². The lowest BCUT2D eigenvalue weighted by Crippen LogP contribution is -2.48. The van der Waals surface area contributed by atoms with E-state index in [1.165, 1.54) is 0 Å². The topological polar surface area (TPSA) is 95.9 Å². The molecule has 44 heavy (non-hydrogen) atoms. The van der Waals surface area contributed by atoms with Crippen molar-refractivity contribution < 1.29 is 24.2 Å². The fraction of sp³-hybridized carbons (Fsp3) is 0.378. The van der Waals surface area contributed by atoms with E-state index in [0.717, 1.165) is 22.3 Å². The first-order valence-electron chi connectivity index (χ1n) is 15.7. The van der Waals surface area contributed by atoms with Gasteiger partial charge in [-0.15, -0.1) is 0 Å². The molecule has 0 aromatic heterocycles. The highest BCUT2D eigenvalue weighted by Crippen LogP contribution is 2.26. The highest BCUT2D eigenvalue weighted by molar-refractivity contribution is 5.86. The molecule has 4 unspecified atom stereocenters. The summed E-state index contributed by atoms with van der Waals surface area (Å²) in [5, 5.41) is 13.2. The van der Waals surface area contributed by atoms with Crippen LogP contribution in [-0.2, 0) is 44.9 Å². The molecule has 0 radical (unpaired) electrons. The number of nitrogens with one attached hydrogen (secondary N) is 1. The Morgan fingerprint density at radius 3 is 2.20 bits per heavy atom. The molecule has 0 spiro atoms. The van der Waals surface area contributed by atoms with Crippen LogP contribution in [0.15, 0.2) is 97.1 Å². The predicted molar refractivity (Wildman–Crippen MR) is 169 cm³/mol. The third kappa shape index (κ3) is 8.44. The molecule has 4 atom stereocenters. The maximum atomic E-state index is 13.8. The zero-order chi connectivity index (χ0) is 30.7. The van der Waals surface area contributed by atoms with E-state index >= 15 is 0 Å². The molecular formula is C37H42N2O5. The minimum absolute atomic E-state index is 0.0311. The van der Waals surface area contributed by atoms with Crippen LogP contribution in [0, 0.1) is 11.8 Å². The number of allylic oxidation sites excluding steroid dienone is 2. The second kappa shape index (κ2) is 15.5. The van der Waals surface area contributed by atoms with Crippen molar-refractivity contribution in [3.8, 4) is 0 Å². The summed E-state index contributed by atoms with van der Waals surface area (Å²) >= 11 is 0. The van der Waals surface area contributed by atoms with Crippen LogP contribution in [0.2, 0.25) is 0 Å². The smallest absolute Gasteiger partial charge is 0.309 e. The summed E-state index contributed by atoms with van der Waals surface area (Å²) in [6.07, 6.45) is 7.36. The maximum Gasteiger partial charge on any atom is 0.309 e. The van der Waals surface area contributed by atoms with Crippen LogP contribution < -0.4 is 5.32 Å². The van der Waals surface area contributed by atoms with Crippen molar-refractivity contribution in [2.75, 3.05) is 13.2 Å². The van der Waals surface area contributed by atoms with Gasteiger partial charge < -0.3 is 20.1 Å². The fourth-order valence-corrected chi connectivity index (χ4v) is 6.20. The van der Waals surface area contributed by atoms with Gasteiger partial charge in [0.1, 0.15) is 6.61 Å². The third-order valence-corrected chi connectivity index (χ3v) is 8.70. The first-order chi connectivity index (χ1) is 21.5. The Morgan fingerprint density at radius 1 is 0.841 bits per heavy atom. The molecular weight excluding hydrogens is 552 g/mol. The minimum Gasteiger partial charge on any atom is -0.463 e. The summed E-state index contributed by atoms with van der Waals surface area (Å²) < 4.78 is 5.87. The van der Waals surface area contributed by atoms with Gasteiger partial charge in [-0.1, -0.05) is 97.1 Å². The van der Waals surface area contributed by atoms with Gasteiger partial charge >= 0.3 is 5.97 Å². The number of carbonyl (C=O) groups excluding carboxylic acids is 3. The number of amides is 2. The lowest BCUT2D eigenvalue weighted by molar-refractivity contribution is -0.150. The Balaban J connectivity index is 1.34. The highest BCUT2D eigenvalue weighted by atomic mass is 16.5. The predicted octanol–water partition coefficient (Wildman–Crippen LogP) is 4.81. The number of carbonyl (C=O) groups is 3. The normalized spacial score (nSPS) is 22.9. The van der Waals surface area contributed by atoms with Gasteiger partial charge in [-0.25, -0.2) is 0 Å². The van der Waals surface area contributed by atoms with Crippen LogP contribution in [0.3, 0.4) is 0 Å². The molecule has 0 fully saturated rings. The molecule has 5 rings (SSSR count). The van der Waals surface area contributed by atoms with E-state index in [2.05, 4.69) is 5.32 Å². The minimum atomic E-state index is -0.592. The van der Waals surface area contributed by atoms with Crippen LogP contribution in [0.5, 0.6) is 0 Å². The maximum absolute atomic E-state index is 13.8. The number of hydrogen-bond acceptors (Lipinski definition) is 5. The van der Waals surface area contributed by atoms with Gasteiger partial charge in [-0.2, -0.15) is 0 Å². The van der Waals surface area contributed by atoms with Crippen molar-refractivity contribution in [3.05, 3.63) is 119 Å². The standard InChI is InChI=1S/C37H42N2O5/c40-25-34-22-29-16-10-11-19-32(29)24-39(34)35(41)23-30-17-8-3-9-18-31(20-27-12-4-1-5-13-27)37(43)44-26-33(38-36(30)42)21-28-14-6-2-7-15-28/h1-8,10-16,19,30-31,33-34,40H,9,17-18,20-26H2,(H,38,42). The molecule has 3 aromatic rings. The Morgan fingerprint density at radius 2 is 1.50 bits per heavy atom. The Bertz CT molecular complexity index is 1420. The summed E-state index contributed by atoms with van der Waals surface area (Å²) in [4.78, 5) is 42.5. The van der Waals surface area contributed by atoms with Crippen LogP contribution in [0.25, 0.3) is 0 Å². The third-order valence-electron chi connectivity index (χ3n) is 8.70. The molecule has 2 aliphatic rings. The number of benzene rings is 3. The summed E-state index contributed by atoms with van der Waals surface area (Å²) in [7, 11) is 0. The zero-order valence-corrected chi connectivity index (χ0v) is 25.1. The lowest BCUT2D eigenvalue weighted by atomic mass is 9.92. The summed E-state index contributed by atoms with van der Waals surface area (Å²) in [5.41, 5.74) is 4.31. The van der Waals surface area contributed by atoms with Crippen LogP contribution >= 0.6 is 0 Å². The monoisotopic (exact) mass is 594 g/mol. The van der Waals surface area contributed by atoms with Crippen molar-refractivity contribution >= 4 is 17.8 Å². The van der Waals surface area contributed by atoms with E-state index in [9.17, 15) is 19.5 Å². The highest BCUT2D eigenvalue weighted by Gasteiger charge is 2.33. The van der Waals surface area contributed by atoms with Crippen molar-refractivity contribution in [1.82, 2.24) is 10.2 Å². The molecule has 3 aromatic carbocycles. The second-order valence-electron chi connectivity index (χ2n) is 11.9. The average molecular weight is 595 g/mol. The average Bonchev–Trinajstić information content (AvgIpc) is 3.06. The van der Waals surface area contributed by atoms with Gasteiger partial charge in [0.15, 0.2) is 0 Å². The molecule has 2 aliphatic heterocycles. The number of aliphatic hydroxyl groups excluding tert-OH is 1. The van der Waals surface area contributed by atoms with E-state index in [-0.39, 0.29) is 49.4 Å². The van der Waals surface area contributed by atoms with Crippen LogP contribution in [-0.4, -0.2) is 53.1 Å². The number of rotatable bonds is 7. The quantitative estimate of drug-likeness (QED) is 0.303. The van der Waals surface area contributed by atoms with Crippen molar-refractivity contribution in [2.45, 2.75) is 63.6 Å². The van der Waals surface area contributed by atoms with Gasteiger partial charge in [0, 0.05) is 13.0 Å². The van der Waals surface area contributed by atoms with Gasteiger partial charge in [0.2, 0.25) is 11.8 Å². The van der Waals surface area contributed by atoms with Gasteiger partial charge in [0.25, 0.3) is 0 Å². The molecule has 7 nitrogen and oxygen atoms in total. The number of nitrogens with zero attached hydrogens (tertiary/aromatic N) is 1. The molecule has 2 heterocycles. The molecule has 0 saturated heterocycles. The molecule has 2 N–H and O–H groups in total. The van der Waals surface area contributed by atoms with Crippen LogP contribution in [0.1, 0.15) is 47.9 Å². The summed E-state index contributed by atoms with van der Waals surface area (Å²) in [5.74, 6) is -1.54. The van der Waals surface area contributed by atoms with Crippen LogP contribution in [0.4, 0.5) is 0 Å². The SMILES string of the molecule is O=C1NC(Cc2ccccc2)COC(=O)C(Cc2ccccc2)CCC=CCC1CC(=O)N1Cc2ccccc2CC1CO. The summed E-state index contributed by atoms with van der Waals surface area (Å²) in [6, 6.07) is 27.0. The van der Waals surface area contributed by atoms with Gasteiger partial charge in [-0.05, 0) is 60.8 Å². The van der Waals surface area contributed by atoms with E-state index < -0.39 is 12.0 Å². The summed E-state index contributed by atoms with van der Waals surface area (Å²) in [6.45, 7) is 0.333. The van der Waals surface area contributed by atoms with E-state index in [4.69, 9.17) is 4.74 Å². The number of fused-ring (bicyclic) bond motifs is 1. The Labute approximate surface area is 259 Å².